The zero-order valence-corrected chi connectivity index (χ0v) is 39.7. The van der Waals surface area contributed by atoms with Crippen molar-refractivity contribution >= 4 is 17.9 Å². The van der Waals surface area contributed by atoms with Crippen LogP contribution in [0.5, 0.6) is 0 Å². The van der Waals surface area contributed by atoms with Crippen LogP contribution in [0.3, 0.4) is 0 Å². The predicted molar refractivity (Wildman–Crippen MR) is 256 cm³/mol. The molecule has 0 aromatic rings. The number of ether oxygens (including phenoxy) is 3. The molecule has 1 atom stereocenters. The summed E-state index contributed by atoms with van der Waals surface area (Å²) in [4.78, 5) is 37.6. The van der Waals surface area contributed by atoms with Crippen molar-refractivity contribution in [2.75, 3.05) is 13.2 Å². The summed E-state index contributed by atoms with van der Waals surface area (Å²) in [6, 6.07) is 0. The van der Waals surface area contributed by atoms with Crippen LogP contribution in [0.25, 0.3) is 0 Å². The van der Waals surface area contributed by atoms with Crippen LogP contribution in [0, 0.1) is 0 Å². The van der Waals surface area contributed by atoms with E-state index in [1.807, 2.05) is 12.2 Å². The van der Waals surface area contributed by atoms with Crippen LogP contribution in [0.4, 0.5) is 0 Å². The molecule has 0 amide bonds. The minimum atomic E-state index is -0.804. The van der Waals surface area contributed by atoms with Crippen molar-refractivity contribution in [2.45, 2.75) is 264 Å². The molecule has 348 valence electrons. The maximum absolute atomic E-state index is 12.7. The van der Waals surface area contributed by atoms with Gasteiger partial charge in [0, 0.05) is 19.3 Å². The quantitative estimate of drug-likeness (QED) is 0.0263. The van der Waals surface area contributed by atoms with Crippen LogP contribution >= 0.6 is 0 Å². The first-order valence-corrected chi connectivity index (χ1v) is 25.6. The number of esters is 3. The minimum absolute atomic E-state index is 0.0990. The highest BCUT2D eigenvalue weighted by Gasteiger charge is 2.19. The highest BCUT2D eigenvalue weighted by atomic mass is 16.6. The normalized spacial score (nSPS) is 12.4. The number of carbonyl (C=O) groups is 3. The standard InChI is InChI=1S/C54H96O6/c1-4-7-10-13-16-18-20-22-23-24-25-26-27-28-29-30-31-33-34-36-38-41-44-47-53(56)59-50-51(49-58-52(55)46-43-40-15-12-9-6-3)60-54(57)48-45-42-39-37-35-32-21-19-17-14-11-8-5-2/h8,11,17,19,32,35,39,42,51H,4-7,9-10,12-16,18,20-31,33-34,36-38,40-41,43-50H2,1-3H3/b11-8-,19-17-,35-32-,42-39-. The molecule has 0 heterocycles. The van der Waals surface area contributed by atoms with Gasteiger partial charge in [0.1, 0.15) is 13.2 Å². The van der Waals surface area contributed by atoms with Gasteiger partial charge >= 0.3 is 17.9 Å². The van der Waals surface area contributed by atoms with Crippen LogP contribution in [-0.4, -0.2) is 37.2 Å². The average molecular weight is 841 g/mol. The van der Waals surface area contributed by atoms with Gasteiger partial charge in [0.15, 0.2) is 6.10 Å². The lowest BCUT2D eigenvalue weighted by atomic mass is 10.0. The molecule has 0 aliphatic heterocycles. The molecule has 0 N–H and O–H groups in total. The van der Waals surface area contributed by atoms with Crippen LogP contribution in [-0.2, 0) is 28.6 Å². The third kappa shape index (κ3) is 46.4. The topological polar surface area (TPSA) is 78.9 Å². The third-order valence-electron chi connectivity index (χ3n) is 11.1. The van der Waals surface area contributed by atoms with Crippen LogP contribution in [0.2, 0.25) is 0 Å². The van der Waals surface area contributed by atoms with Gasteiger partial charge in [-0.2, -0.15) is 0 Å². The summed E-state index contributed by atoms with van der Waals surface area (Å²) in [6.07, 6.45) is 58.7. The highest BCUT2D eigenvalue weighted by molar-refractivity contribution is 5.71. The summed E-state index contributed by atoms with van der Waals surface area (Å²) in [5, 5.41) is 0. The molecular formula is C54H96O6. The van der Waals surface area contributed by atoms with Crippen LogP contribution in [0.1, 0.15) is 258 Å². The zero-order chi connectivity index (χ0) is 43.7. The molecular weight excluding hydrogens is 745 g/mol. The van der Waals surface area contributed by atoms with Crippen molar-refractivity contribution in [1.29, 1.82) is 0 Å². The highest BCUT2D eigenvalue weighted by Crippen LogP contribution is 2.16. The maximum Gasteiger partial charge on any atom is 0.306 e. The fourth-order valence-electron chi connectivity index (χ4n) is 7.28. The molecule has 0 fully saturated rings. The second-order valence-electron chi connectivity index (χ2n) is 17.1. The second kappa shape index (κ2) is 49.0. The Morgan fingerprint density at radius 1 is 0.350 bits per heavy atom. The fourth-order valence-corrected chi connectivity index (χ4v) is 7.28. The van der Waals surface area contributed by atoms with Gasteiger partial charge in [-0.05, 0) is 44.9 Å². The monoisotopic (exact) mass is 841 g/mol. The van der Waals surface area contributed by atoms with Gasteiger partial charge in [0.05, 0.1) is 0 Å². The van der Waals surface area contributed by atoms with Gasteiger partial charge in [-0.1, -0.05) is 243 Å². The summed E-state index contributed by atoms with van der Waals surface area (Å²) in [5.41, 5.74) is 0. The van der Waals surface area contributed by atoms with Crippen molar-refractivity contribution in [3.05, 3.63) is 48.6 Å². The molecule has 60 heavy (non-hydrogen) atoms. The van der Waals surface area contributed by atoms with Gasteiger partial charge < -0.3 is 14.2 Å². The van der Waals surface area contributed by atoms with E-state index in [0.29, 0.717) is 19.3 Å². The predicted octanol–water partition coefficient (Wildman–Crippen LogP) is 16.7. The Hall–Kier alpha value is -2.63. The van der Waals surface area contributed by atoms with Gasteiger partial charge in [0.2, 0.25) is 0 Å². The Bertz CT molecular complexity index is 1060. The number of hydrogen-bond donors (Lipinski definition) is 0. The van der Waals surface area contributed by atoms with Crippen LogP contribution < -0.4 is 0 Å². The summed E-state index contributed by atoms with van der Waals surface area (Å²) in [7, 11) is 0. The molecule has 0 radical (unpaired) electrons. The van der Waals surface area contributed by atoms with E-state index in [4.69, 9.17) is 14.2 Å². The van der Waals surface area contributed by atoms with Gasteiger partial charge in [-0.3, -0.25) is 14.4 Å². The average Bonchev–Trinajstić information content (AvgIpc) is 3.24. The first-order chi connectivity index (χ1) is 29.5. The van der Waals surface area contributed by atoms with E-state index in [0.717, 1.165) is 64.2 Å². The van der Waals surface area contributed by atoms with Crippen molar-refractivity contribution in [1.82, 2.24) is 0 Å². The van der Waals surface area contributed by atoms with E-state index in [2.05, 4.69) is 57.2 Å². The van der Waals surface area contributed by atoms with Crippen molar-refractivity contribution in [3.63, 3.8) is 0 Å². The summed E-state index contributed by atoms with van der Waals surface area (Å²) >= 11 is 0. The number of rotatable bonds is 46. The molecule has 0 aliphatic rings. The lowest BCUT2D eigenvalue weighted by molar-refractivity contribution is -0.166. The van der Waals surface area contributed by atoms with E-state index < -0.39 is 6.10 Å². The number of hydrogen-bond acceptors (Lipinski definition) is 6. The molecule has 0 aromatic heterocycles. The Balaban J connectivity index is 4.15. The van der Waals surface area contributed by atoms with Gasteiger partial charge in [-0.15, -0.1) is 0 Å². The minimum Gasteiger partial charge on any atom is -0.462 e. The van der Waals surface area contributed by atoms with Crippen molar-refractivity contribution in [3.8, 4) is 0 Å². The first kappa shape index (κ1) is 57.4. The molecule has 0 aliphatic carbocycles. The Kier molecular flexibility index (Phi) is 46.9. The van der Waals surface area contributed by atoms with Crippen molar-refractivity contribution in [2.24, 2.45) is 0 Å². The first-order valence-electron chi connectivity index (χ1n) is 25.6. The number of unbranched alkanes of at least 4 members (excludes halogenated alkanes) is 27. The fraction of sp³-hybridized carbons (Fsp3) is 0.796. The molecule has 0 aromatic carbocycles. The molecule has 0 bridgehead atoms. The second-order valence-corrected chi connectivity index (χ2v) is 17.1. The molecule has 6 heteroatoms. The number of carbonyl (C=O) groups excluding carboxylic acids is 3. The molecule has 0 saturated heterocycles. The molecule has 1 unspecified atom stereocenters. The maximum atomic E-state index is 12.7. The number of allylic oxidation sites excluding steroid dienone is 8. The van der Waals surface area contributed by atoms with Gasteiger partial charge in [0.25, 0.3) is 0 Å². The summed E-state index contributed by atoms with van der Waals surface area (Å²) in [6.45, 7) is 6.41. The van der Waals surface area contributed by atoms with E-state index in [9.17, 15) is 14.4 Å². The van der Waals surface area contributed by atoms with E-state index in [1.54, 1.807) is 0 Å². The molecule has 0 spiro atoms. The SMILES string of the molecule is CC/C=C\C/C=C\C/C=C\C/C=C\CCC(=O)OC(COC(=O)CCCCCCCC)COC(=O)CCCCCCCCCCCCCCCCCCCCCCCCC. The van der Waals surface area contributed by atoms with E-state index >= 15 is 0 Å². The lowest BCUT2D eigenvalue weighted by Gasteiger charge is -2.18. The Morgan fingerprint density at radius 3 is 0.983 bits per heavy atom. The summed E-state index contributed by atoms with van der Waals surface area (Å²) < 4.78 is 16.6. The van der Waals surface area contributed by atoms with Crippen LogP contribution in [0.15, 0.2) is 48.6 Å². The third-order valence-corrected chi connectivity index (χ3v) is 11.1. The largest absolute Gasteiger partial charge is 0.462 e. The Labute approximate surface area is 371 Å². The van der Waals surface area contributed by atoms with Crippen molar-refractivity contribution < 1.29 is 28.6 Å². The molecule has 6 nitrogen and oxygen atoms in total. The molecule has 0 saturated carbocycles. The molecule has 0 rings (SSSR count). The zero-order valence-electron chi connectivity index (χ0n) is 39.7. The Morgan fingerprint density at radius 2 is 0.650 bits per heavy atom. The smallest absolute Gasteiger partial charge is 0.306 e. The van der Waals surface area contributed by atoms with E-state index in [-0.39, 0.29) is 37.5 Å². The summed E-state index contributed by atoms with van der Waals surface area (Å²) in [5.74, 6) is -0.985. The van der Waals surface area contributed by atoms with E-state index in [1.165, 1.54) is 148 Å². The lowest BCUT2D eigenvalue weighted by Crippen LogP contribution is -2.30. The van der Waals surface area contributed by atoms with Gasteiger partial charge in [-0.25, -0.2) is 0 Å².